The van der Waals surface area contributed by atoms with Crippen LogP contribution < -0.4 is 10.1 Å². The summed E-state index contributed by atoms with van der Waals surface area (Å²) in [6.45, 7) is -0.396. The summed E-state index contributed by atoms with van der Waals surface area (Å²) >= 11 is 0. The van der Waals surface area contributed by atoms with Gasteiger partial charge in [-0.05, 0) is 30.3 Å². The molecule has 7 nitrogen and oxygen atoms in total. The molecule has 1 N–H and O–H groups in total. The quantitative estimate of drug-likeness (QED) is 0.755. The third-order valence-corrected chi connectivity index (χ3v) is 3.71. The zero-order valence-corrected chi connectivity index (χ0v) is 15.5. The van der Waals surface area contributed by atoms with E-state index in [4.69, 9.17) is 9.47 Å². The van der Waals surface area contributed by atoms with Crippen LogP contribution in [0.2, 0.25) is 0 Å². The molecule has 2 amide bonds. The first-order chi connectivity index (χ1) is 12.9. The van der Waals surface area contributed by atoms with E-state index in [2.05, 4.69) is 5.32 Å². The van der Waals surface area contributed by atoms with Gasteiger partial charge in [-0.1, -0.05) is 18.2 Å². The standard InChI is InChI=1S/C20H22N2O5/c1-22(2)20(25)14-8-10-16(11-9-14)21-18(23)13-27-19(24)12-15-6-4-5-7-17(15)26-3/h4-11H,12-13H2,1-3H3,(H,21,23). The van der Waals surface area contributed by atoms with E-state index in [0.717, 1.165) is 0 Å². The summed E-state index contributed by atoms with van der Waals surface area (Å²) in [7, 11) is 4.85. The van der Waals surface area contributed by atoms with Crippen LogP contribution in [0.5, 0.6) is 5.75 Å². The lowest BCUT2D eigenvalue weighted by Gasteiger charge is -2.11. The predicted octanol–water partition coefficient (Wildman–Crippen LogP) is 2.12. The number of ether oxygens (including phenoxy) is 2. The Morgan fingerprint density at radius 2 is 1.67 bits per heavy atom. The van der Waals surface area contributed by atoms with Gasteiger partial charge in [0.05, 0.1) is 13.5 Å². The number of carbonyl (C=O) groups excluding carboxylic acids is 3. The fourth-order valence-corrected chi connectivity index (χ4v) is 2.35. The number of hydrogen-bond donors (Lipinski definition) is 1. The normalized spacial score (nSPS) is 10.0. The molecule has 0 spiro atoms. The van der Waals surface area contributed by atoms with E-state index >= 15 is 0 Å². The van der Waals surface area contributed by atoms with Gasteiger partial charge in [-0.2, -0.15) is 0 Å². The molecule has 0 atom stereocenters. The molecule has 0 bridgehead atoms. The minimum atomic E-state index is -0.526. The molecule has 0 aliphatic heterocycles. The highest BCUT2D eigenvalue weighted by atomic mass is 16.5. The Morgan fingerprint density at radius 3 is 2.30 bits per heavy atom. The molecule has 2 rings (SSSR count). The van der Waals surface area contributed by atoms with Crippen LogP contribution in [-0.4, -0.2) is 50.5 Å². The molecule has 0 saturated carbocycles. The lowest BCUT2D eigenvalue weighted by molar-refractivity contribution is -0.146. The SMILES string of the molecule is COc1ccccc1CC(=O)OCC(=O)Nc1ccc(C(=O)N(C)C)cc1. The van der Waals surface area contributed by atoms with E-state index in [-0.39, 0.29) is 12.3 Å². The van der Waals surface area contributed by atoms with Gasteiger partial charge in [-0.15, -0.1) is 0 Å². The molecule has 27 heavy (non-hydrogen) atoms. The van der Waals surface area contributed by atoms with Gasteiger partial charge in [0, 0.05) is 30.9 Å². The van der Waals surface area contributed by atoms with Crippen LogP contribution in [0, 0.1) is 0 Å². The van der Waals surface area contributed by atoms with Crippen molar-refractivity contribution in [2.24, 2.45) is 0 Å². The predicted molar refractivity (Wildman–Crippen MR) is 101 cm³/mol. The van der Waals surface area contributed by atoms with Gasteiger partial charge in [0.15, 0.2) is 6.61 Å². The van der Waals surface area contributed by atoms with Gasteiger partial charge in [0.1, 0.15) is 5.75 Å². The highest BCUT2D eigenvalue weighted by Crippen LogP contribution is 2.18. The van der Waals surface area contributed by atoms with Crippen LogP contribution in [0.25, 0.3) is 0 Å². The second-order valence-corrected chi connectivity index (χ2v) is 5.97. The van der Waals surface area contributed by atoms with Gasteiger partial charge >= 0.3 is 5.97 Å². The molecule has 7 heteroatoms. The van der Waals surface area contributed by atoms with Crippen molar-refractivity contribution < 1.29 is 23.9 Å². The molecule has 0 aliphatic carbocycles. The molecule has 0 unspecified atom stereocenters. The van der Waals surface area contributed by atoms with Crippen LogP contribution in [0.4, 0.5) is 5.69 Å². The zero-order valence-electron chi connectivity index (χ0n) is 15.5. The van der Waals surface area contributed by atoms with E-state index < -0.39 is 18.5 Å². The molecule has 0 fully saturated rings. The van der Waals surface area contributed by atoms with Gasteiger partial charge in [-0.3, -0.25) is 14.4 Å². The van der Waals surface area contributed by atoms with Gasteiger partial charge in [0.2, 0.25) is 0 Å². The Bertz CT molecular complexity index is 815. The van der Waals surface area contributed by atoms with Crippen molar-refractivity contribution in [1.82, 2.24) is 4.90 Å². The van der Waals surface area contributed by atoms with Crippen LogP contribution in [0.3, 0.4) is 0 Å². The number of para-hydroxylation sites is 1. The molecular weight excluding hydrogens is 348 g/mol. The summed E-state index contributed by atoms with van der Waals surface area (Å²) < 4.78 is 10.2. The zero-order chi connectivity index (χ0) is 19.8. The number of anilines is 1. The van der Waals surface area contributed by atoms with Crippen molar-refractivity contribution in [1.29, 1.82) is 0 Å². The lowest BCUT2D eigenvalue weighted by Crippen LogP contribution is -2.22. The second kappa shape index (κ2) is 9.38. The van der Waals surface area contributed by atoms with Gasteiger partial charge in [-0.25, -0.2) is 0 Å². The number of esters is 1. The average molecular weight is 370 g/mol. The molecule has 0 radical (unpaired) electrons. The third kappa shape index (κ3) is 5.85. The van der Waals surface area contributed by atoms with Crippen LogP contribution in [0.15, 0.2) is 48.5 Å². The number of methoxy groups -OCH3 is 1. The Balaban J connectivity index is 1.83. The maximum atomic E-state index is 11.9. The fraction of sp³-hybridized carbons (Fsp3) is 0.250. The fourth-order valence-electron chi connectivity index (χ4n) is 2.35. The number of rotatable bonds is 7. The van der Waals surface area contributed by atoms with Crippen molar-refractivity contribution in [3.8, 4) is 5.75 Å². The van der Waals surface area contributed by atoms with Gasteiger partial charge in [0.25, 0.3) is 11.8 Å². The van der Waals surface area contributed by atoms with Crippen molar-refractivity contribution in [2.75, 3.05) is 33.1 Å². The van der Waals surface area contributed by atoms with E-state index in [1.165, 1.54) is 12.0 Å². The molecule has 0 aromatic heterocycles. The summed E-state index contributed by atoms with van der Waals surface area (Å²) in [5.41, 5.74) is 1.71. The minimum Gasteiger partial charge on any atom is -0.496 e. The highest BCUT2D eigenvalue weighted by Gasteiger charge is 2.12. The number of amides is 2. The van der Waals surface area contributed by atoms with E-state index in [1.54, 1.807) is 62.6 Å². The minimum absolute atomic E-state index is 0.0125. The maximum Gasteiger partial charge on any atom is 0.310 e. The van der Waals surface area contributed by atoms with Crippen molar-refractivity contribution in [2.45, 2.75) is 6.42 Å². The topological polar surface area (TPSA) is 84.9 Å². The molecule has 142 valence electrons. The first kappa shape index (κ1) is 20.0. The lowest BCUT2D eigenvalue weighted by atomic mass is 10.1. The molecule has 2 aromatic carbocycles. The van der Waals surface area contributed by atoms with Crippen molar-refractivity contribution in [3.05, 3.63) is 59.7 Å². The van der Waals surface area contributed by atoms with Crippen molar-refractivity contribution >= 4 is 23.5 Å². The van der Waals surface area contributed by atoms with E-state index in [9.17, 15) is 14.4 Å². The smallest absolute Gasteiger partial charge is 0.310 e. The highest BCUT2D eigenvalue weighted by molar-refractivity contribution is 5.96. The molecule has 2 aromatic rings. The van der Waals surface area contributed by atoms with E-state index in [1.807, 2.05) is 0 Å². The summed E-state index contributed by atoms with van der Waals surface area (Å²) in [5, 5.41) is 2.61. The monoisotopic (exact) mass is 370 g/mol. The summed E-state index contributed by atoms with van der Waals surface area (Å²) in [6, 6.07) is 13.6. The molecule has 0 aliphatic rings. The van der Waals surface area contributed by atoms with Crippen LogP contribution >= 0.6 is 0 Å². The largest absolute Gasteiger partial charge is 0.496 e. The summed E-state index contributed by atoms with van der Waals surface area (Å²) in [4.78, 5) is 37.1. The first-order valence-electron chi connectivity index (χ1n) is 8.29. The molecule has 0 heterocycles. The Kier molecular flexibility index (Phi) is 6.93. The number of benzene rings is 2. The van der Waals surface area contributed by atoms with Crippen LogP contribution in [-0.2, 0) is 20.7 Å². The Labute approximate surface area is 157 Å². The third-order valence-electron chi connectivity index (χ3n) is 3.71. The summed E-state index contributed by atoms with van der Waals surface area (Å²) in [6.07, 6.45) is 0.0125. The Hall–Kier alpha value is -3.35. The van der Waals surface area contributed by atoms with Crippen molar-refractivity contribution in [3.63, 3.8) is 0 Å². The number of nitrogens with one attached hydrogen (secondary N) is 1. The van der Waals surface area contributed by atoms with E-state index in [0.29, 0.717) is 22.6 Å². The van der Waals surface area contributed by atoms with Crippen LogP contribution in [0.1, 0.15) is 15.9 Å². The molecular formula is C20H22N2O5. The molecule has 0 saturated heterocycles. The van der Waals surface area contributed by atoms with Gasteiger partial charge < -0.3 is 19.7 Å². The number of hydrogen-bond acceptors (Lipinski definition) is 5. The number of carbonyl (C=O) groups is 3. The Morgan fingerprint density at radius 1 is 1.00 bits per heavy atom. The average Bonchev–Trinajstić information content (AvgIpc) is 2.67. The maximum absolute atomic E-state index is 11.9. The summed E-state index contributed by atoms with van der Waals surface area (Å²) in [5.74, 6) is -0.527. The first-order valence-corrected chi connectivity index (χ1v) is 8.29. The number of nitrogens with zero attached hydrogens (tertiary/aromatic N) is 1. The second-order valence-electron chi connectivity index (χ2n) is 5.97.